The van der Waals surface area contributed by atoms with Crippen molar-refractivity contribution in [1.82, 2.24) is 4.90 Å². The summed E-state index contributed by atoms with van der Waals surface area (Å²) in [5.41, 5.74) is 0. The molecule has 0 saturated carbocycles. The van der Waals surface area contributed by atoms with Crippen molar-refractivity contribution in [2.45, 2.75) is 58.3 Å². The number of hydrogen-bond acceptors (Lipinski definition) is 4. The molecule has 1 amide bonds. The first-order chi connectivity index (χ1) is 10.6. The minimum absolute atomic E-state index is 0.0991. The Bertz CT molecular complexity index is 300. The number of likely N-dealkylation sites (N-methyl/N-ethyl adjacent to an activating group) is 1. The van der Waals surface area contributed by atoms with Gasteiger partial charge in [-0.2, -0.15) is 0 Å². The average molecular weight is 336 g/mol. The Labute approximate surface area is 139 Å². The van der Waals surface area contributed by atoms with Gasteiger partial charge in [0.2, 0.25) is 0 Å². The molecule has 130 valence electrons. The molecule has 0 bridgehead atoms. The van der Waals surface area contributed by atoms with Crippen LogP contribution in [0.2, 0.25) is 0 Å². The van der Waals surface area contributed by atoms with Gasteiger partial charge in [-0.3, -0.25) is 4.79 Å². The number of halogens is 1. The van der Waals surface area contributed by atoms with Gasteiger partial charge in [-0.05, 0) is 6.42 Å². The molecule has 0 aliphatic carbocycles. The standard InChI is InChI=1S/C16H30ClNO4/c1-3-4-5-6-7-8-9-10-12-21-15(19)14-18(2)16(20)22-13-11-17/h3-14H2,1-2H3. The van der Waals surface area contributed by atoms with Crippen LogP contribution in [0.5, 0.6) is 0 Å². The van der Waals surface area contributed by atoms with Crippen LogP contribution >= 0.6 is 11.6 Å². The summed E-state index contributed by atoms with van der Waals surface area (Å²) in [5.74, 6) is -0.170. The Morgan fingerprint density at radius 1 is 0.909 bits per heavy atom. The second-order valence-electron chi connectivity index (χ2n) is 5.35. The van der Waals surface area contributed by atoms with Crippen molar-refractivity contribution in [2.75, 3.05) is 32.7 Å². The third-order valence-electron chi connectivity index (χ3n) is 3.24. The largest absolute Gasteiger partial charge is 0.464 e. The van der Waals surface area contributed by atoms with E-state index in [0.717, 1.165) is 12.8 Å². The molecule has 0 saturated heterocycles. The van der Waals surface area contributed by atoms with Crippen LogP contribution in [0.25, 0.3) is 0 Å². The van der Waals surface area contributed by atoms with Crippen molar-refractivity contribution < 1.29 is 19.1 Å². The molecular weight excluding hydrogens is 306 g/mol. The zero-order valence-corrected chi connectivity index (χ0v) is 14.7. The number of carbonyl (C=O) groups excluding carboxylic acids is 2. The number of alkyl halides is 1. The van der Waals surface area contributed by atoms with Gasteiger partial charge in [-0.25, -0.2) is 4.79 Å². The highest BCUT2D eigenvalue weighted by Gasteiger charge is 2.14. The maximum Gasteiger partial charge on any atom is 0.410 e. The quantitative estimate of drug-likeness (QED) is 0.290. The summed E-state index contributed by atoms with van der Waals surface area (Å²) < 4.78 is 9.90. The molecule has 0 aromatic rings. The lowest BCUT2D eigenvalue weighted by Gasteiger charge is -2.15. The minimum Gasteiger partial charge on any atom is -0.464 e. The normalized spacial score (nSPS) is 10.3. The monoisotopic (exact) mass is 335 g/mol. The Balaban J connectivity index is 3.47. The lowest BCUT2D eigenvalue weighted by atomic mass is 10.1. The van der Waals surface area contributed by atoms with Gasteiger partial charge in [-0.1, -0.05) is 51.9 Å². The molecule has 0 aliphatic heterocycles. The Morgan fingerprint density at radius 2 is 1.50 bits per heavy atom. The topological polar surface area (TPSA) is 55.8 Å². The molecule has 0 spiro atoms. The lowest BCUT2D eigenvalue weighted by molar-refractivity contribution is -0.144. The number of nitrogens with zero attached hydrogens (tertiary/aromatic N) is 1. The SMILES string of the molecule is CCCCCCCCCCOC(=O)CN(C)C(=O)OCCCl. The highest BCUT2D eigenvalue weighted by Crippen LogP contribution is 2.08. The van der Waals surface area contributed by atoms with Crippen molar-refractivity contribution in [2.24, 2.45) is 0 Å². The second-order valence-corrected chi connectivity index (χ2v) is 5.73. The van der Waals surface area contributed by atoms with Crippen LogP contribution in [0, 0.1) is 0 Å². The average Bonchev–Trinajstić information content (AvgIpc) is 2.50. The van der Waals surface area contributed by atoms with Crippen molar-refractivity contribution in [3.8, 4) is 0 Å². The summed E-state index contributed by atoms with van der Waals surface area (Å²) in [7, 11) is 1.49. The highest BCUT2D eigenvalue weighted by molar-refractivity contribution is 6.18. The molecule has 0 aliphatic rings. The summed E-state index contributed by atoms with van der Waals surface area (Å²) in [5, 5.41) is 0. The third kappa shape index (κ3) is 12.7. The minimum atomic E-state index is -0.565. The summed E-state index contributed by atoms with van der Waals surface area (Å²) in [6, 6.07) is 0. The molecule has 0 N–H and O–H groups in total. The van der Waals surface area contributed by atoms with Crippen LogP contribution in [-0.4, -0.2) is 49.6 Å². The van der Waals surface area contributed by atoms with Crippen molar-refractivity contribution in [1.29, 1.82) is 0 Å². The fraction of sp³-hybridized carbons (Fsp3) is 0.875. The van der Waals surface area contributed by atoms with Crippen LogP contribution in [0.4, 0.5) is 4.79 Å². The third-order valence-corrected chi connectivity index (χ3v) is 3.40. The molecule has 0 aromatic carbocycles. The molecule has 0 aromatic heterocycles. The van der Waals surface area contributed by atoms with Crippen LogP contribution in [-0.2, 0) is 14.3 Å². The maximum atomic E-state index is 11.5. The van der Waals surface area contributed by atoms with Crippen LogP contribution in [0.3, 0.4) is 0 Å². The van der Waals surface area contributed by atoms with E-state index in [-0.39, 0.29) is 19.0 Å². The summed E-state index contributed by atoms with van der Waals surface area (Å²) >= 11 is 5.41. The Kier molecular flexibility index (Phi) is 14.3. The van der Waals surface area contributed by atoms with E-state index < -0.39 is 12.1 Å². The van der Waals surface area contributed by atoms with E-state index in [0.29, 0.717) is 6.61 Å². The van der Waals surface area contributed by atoms with E-state index in [2.05, 4.69) is 6.92 Å². The predicted molar refractivity (Wildman–Crippen MR) is 88.3 cm³/mol. The van der Waals surface area contributed by atoms with E-state index in [1.165, 1.54) is 50.5 Å². The molecule has 0 unspecified atom stereocenters. The number of carbonyl (C=O) groups is 2. The number of amides is 1. The van der Waals surface area contributed by atoms with Gasteiger partial charge in [0.05, 0.1) is 12.5 Å². The number of unbranched alkanes of at least 4 members (excludes halogenated alkanes) is 7. The van der Waals surface area contributed by atoms with E-state index in [1.54, 1.807) is 0 Å². The van der Waals surface area contributed by atoms with Gasteiger partial charge in [-0.15, -0.1) is 11.6 Å². The van der Waals surface area contributed by atoms with Crippen molar-refractivity contribution in [3.05, 3.63) is 0 Å². The number of esters is 1. The fourth-order valence-corrected chi connectivity index (χ4v) is 2.04. The highest BCUT2D eigenvalue weighted by atomic mass is 35.5. The fourth-order valence-electron chi connectivity index (χ4n) is 1.96. The lowest BCUT2D eigenvalue weighted by Crippen LogP contribution is -2.33. The number of ether oxygens (including phenoxy) is 2. The van der Waals surface area contributed by atoms with Crippen molar-refractivity contribution >= 4 is 23.7 Å². The maximum absolute atomic E-state index is 11.5. The van der Waals surface area contributed by atoms with Gasteiger partial charge in [0.15, 0.2) is 0 Å². The first kappa shape index (κ1) is 21.0. The smallest absolute Gasteiger partial charge is 0.410 e. The summed E-state index contributed by atoms with van der Waals surface area (Å²) in [6.07, 6.45) is 9.02. The number of hydrogen-bond donors (Lipinski definition) is 0. The van der Waals surface area contributed by atoms with Gasteiger partial charge in [0.25, 0.3) is 0 Å². The zero-order chi connectivity index (χ0) is 16.6. The van der Waals surface area contributed by atoms with Crippen LogP contribution < -0.4 is 0 Å². The van der Waals surface area contributed by atoms with Crippen LogP contribution in [0.1, 0.15) is 58.3 Å². The zero-order valence-electron chi connectivity index (χ0n) is 13.9. The predicted octanol–water partition coefficient (Wildman–Crippen LogP) is 3.98. The van der Waals surface area contributed by atoms with E-state index in [4.69, 9.17) is 21.1 Å². The Hall–Kier alpha value is -0.970. The molecule has 22 heavy (non-hydrogen) atoms. The van der Waals surface area contributed by atoms with Gasteiger partial charge in [0, 0.05) is 7.05 Å². The van der Waals surface area contributed by atoms with Crippen molar-refractivity contribution in [3.63, 3.8) is 0 Å². The van der Waals surface area contributed by atoms with Gasteiger partial charge in [0.1, 0.15) is 13.2 Å². The summed E-state index contributed by atoms with van der Waals surface area (Å²) in [4.78, 5) is 24.1. The number of rotatable bonds is 13. The van der Waals surface area contributed by atoms with E-state index in [1.807, 2.05) is 0 Å². The molecule has 0 heterocycles. The van der Waals surface area contributed by atoms with Crippen LogP contribution in [0.15, 0.2) is 0 Å². The first-order valence-electron chi connectivity index (χ1n) is 8.21. The molecular formula is C16H30ClNO4. The van der Waals surface area contributed by atoms with Gasteiger partial charge >= 0.3 is 12.1 Å². The first-order valence-corrected chi connectivity index (χ1v) is 8.74. The molecule has 0 rings (SSSR count). The van der Waals surface area contributed by atoms with E-state index in [9.17, 15) is 9.59 Å². The molecule has 0 atom stereocenters. The molecule has 5 nitrogen and oxygen atoms in total. The molecule has 6 heteroatoms. The second kappa shape index (κ2) is 14.9. The molecule has 0 fully saturated rings. The van der Waals surface area contributed by atoms with Gasteiger partial charge < -0.3 is 14.4 Å². The van der Waals surface area contributed by atoms with E-state index >= 15 is 0 Å². The molecule has 0 radical (unpaired) electrons. The summed E-state index contributed by atoms with van der Waals surface area (Å²) in [6.45, 7) is 2.66. The Morgan fingerprint density at radius 3 is 2.09 bits per heavy atom.